The van der Waals surface area contributed by atoms with Crippen LogP contribution in [0.5, 0.6) is 0 Å². The van der Waals surface area contributed by atoms with E-state index in [9.17, 15) is 0 Å². The van der Waals surface area contributed by atoms with Gasteiger partial charge in [-0.15, -0.1) is 0 Å². The first-order valence-electron chi connectivity index (χ1n) is 5.51. The summed E-state index contributed by atoms with van der Waals surface area (Å²) in [7, 11) is 0. The van der Waals surface area contributed by atoms with E-state index in [2.05, 4.69) is 15.0 Å². The summed E-state index contributed by atoms with van der Waals surface area (Å²) in [6.45, 7) is 0. The molecule has 0 bridgehead atoms. The van der Waals surface area contributed by atoms with Gasteiger partial charge in [0.15, 0.2) is 0 Å². The van der Waals surface area contributed by atoms with Gasteiger partial charge in [-0.05, 0) is 42.0 Å². The maximum Gasteiger partial charge on any atom is 0.0890 e. The van der Waals surface area contributed by atoms with Crippen molar-refractivity contribution < 1.29 is 0 Å². The summed E-state index contributed by atoms with van der Waals surface area (Å²) in [4.78, 5) is 12.9. The quantitative estimate of drug-likeness (QED) is 0.667. The third-order valence-electron chi connectivity index (χ3n) is 2.65. The lowest BCUT2D eigenvalue weighted by molar-refractivity contribution is 1.08. The maximum absolute atomic E-state index is 4.59. The second kappa shape index (κ2) is 4.29. The topological polar surface area (TPSA) is 38.7 Å². The van der Waals surface area contributed by atoms with Crippen LogP contribution < -0.4 is 0 Å². The summed E-state index contributed by atoms with van der Waals surface area (Å²) >= 11 is 0. The van der Waals surface area contributed by atoms with Gasteiger partial charge in [0, 0.05) is 30.7 Å². The summed E-state index contributed by atoms with van der Waals surface area (Å²) in [5, 5.41) is 0. The summed E-state index contributed by atoms with van der Waals surface area (Å²) in [6.07, 6.45) is 6.22. The highest BCUT2D eigenvalue weighted by molar-refractivity contribution is 5.73. The molecule has 82 valence electrons. The molecule has 3 heterocycles. The minimum atomic E-state index is 0.827. The van der Waals surface area contributed by atoms with Gasteiger partial charge >= 0.3 is 0 Å². The van der Waals surface area contributed by atoms with Crippen molar-refractivity contribution in [1.82, 2.24) is 15.0 Å². The van der Waals surface area contributed by atoms with E-state index in [4.69, 9.17) is 0 Å². The minimum Gasteiger partial charge on any atom is -0.265 e. The molecule has 0 unspecified atom stereocenters. The number of fused-ring (bicyclic) bond motifs is 1. The number of hydrogen-bond donors (Lipinski definition) is 0. The third-order valence-corrected chi connectivity index (χ3v) is 2.65. The number of rotatable bonds is 2. The second-order valence-corrected chi connectivity index (χ2v) is 3.88. The zero-order chi connectivity index (χ0) is 11.5. The summed E-state index contributed by atoms with van der Waals surface area (Å²) in [5.74, 6) is 0. The fraction of sp³-hybridized carbons (Fsp3) is 0.0714. The molecule has 0 spiro atoms. The van der Waals surface area contributed by atoms with Gasteiger partial charge in [0.05, 0.1) is 11.0 Å². The molecular weight excluding hydrogens is 210 g/mol. The van der Waals surface area contributed by atoms with Gasteiger partial charge in [0.1, 0.15) is 0 Å². The molecule has 0 fully saturated rings. The highest BCUT2D eigenvalue weighted by atomic mass is 14.8. The lowest BCUT2D eigenvalue weighted by atomic mass is 10.1. The van der Waals surface area contributed by atoms with E-state index in [0.717, 1.165) is 23.1 Å². The number of pyridine rings is 3. The van der Waals surface area contributed by atoms with Gasteiger partial charge in [-0.3, -0.25) is 15.0 Å². The Morgan fingerprint density at radius 3 is 2.59 bits per heavy atom. The smallest absolute Gasteiger partial charge is 0.0890 e. The molecule has 3 nitrogen and oxygen atoms in total. The van der Waals surface area contributed by atoms with E-state index in [1.165, 1.54) is 5.56 Å². The number of aromatic nitrogens is 3. The minimum absolute atomic E-state index is 0.827. The molecule has 0 aliphatic heterocycles. The standard InChI is InChI=1S/C14H11N3/c1-2-14-13(16-7-1)4-3-12(17-14)10-11-5-8-15-9-6-11/h1-9H,10H2. The lowest BCUT2D eigenvalue weighted by Crippen LogP contribution is -1.93. The summed E-state index contributed by atoms with van der Waals surface area (Å²) in [6, 6.07) is 11.9. The fourth-order valence-corrected chi connectivity index (χ4v) is 1.81. The van der Waals surface area contributed by atoms with Gasteiger partial charge < -0.3 is 0 Å². The molecular formula is C14H11N3. The zero-order valence-corrected chi connectivity index (χ0v) is 9.24. The molecule has 3 heteroatoms. The van der Waals surface area contributed by atoms with E-state index in [1.54, 1.807) is 18.6 Å². The predicted octanol–water partition coefficient (Wildman–Crippen LogP) is 2.62. The molecule has 3 aromatic heterocycles. The van der Waals surface area contributed by atoms with E-state index in [0.29, 0.717) is 0 Å². The van der Waals surface area contributed by atoms with Crippen molar-refractivity contribution in [3.63, 3.8) is 0 Å². The van der Waals surface area contributed by atoms with Crippen LogP contribution in [-0.4, -0.2) is 15.0 Å². The van der Waals surface area contributed by atoms with E-state index in [-0.39, 0.29) is 0 Å². The van der Waals surface area contributed by atoms with Crippen LogP contribution in [-0.2, 0) is 6.42 Å². The first kappa shape index (κ1) is 9.90. The van der Waals surface area contributed by atoms with Gasteiger partial charge in [0.2, 0.25) is 0 Å². The van der Waals surface area contributed by atoms with Gasteiger partial charge in [-0.2, -0.15) is 0 Å². The predicted molar refractivity (Wildman–Crippen MR) is 66.6 cm³/mol. The van der Waals surface area contributed by atoms with Gasteiger partial charge in [-0.1, -0.05) is 0 Å². The first-order valence-corrected chi connectivity index (χ1v) is 5.51. The van der Waals surface area contributed by atoms with E-state index >= 15 is 0 Å². The first-order chi connectivity index (χ1) is 8.42. The Labute approximate surface area is 99.2 Å². The van der Waals surface area contributed by atoms with Crippen LogP contribution in [0.4, 0.5) is 0 Å². The Morgan fingerprint density at radius 2 is 1.71 bits per heavy atom. The van der Waals surface area contributed by atoms with Crippen LogP contribution >= 0.6 is 0 Å². The third kappa shape index (κ3) is 2.13. The molecule has 0 aliphatic carbocycles. The Morgan fingerprint density at radius 1 is 0.824 bits per heavy atom. The maximum atomic E-state index is 4.59. The van der Waals surface area contributed by atoms with Crippen molar-refractivity contribution in [2.45, 2.75) is 6.42 Å². The molecule has 0 aliphatic rings. The highest BCUT2D eigenvalue weighted by Crippen LogP contribution is 2.12. The van der Waals surface area contributed by atoms with E-state index in [1.807, 2.05) is 36.4 Å². The normalized spacial score (nSPS) is 10.6. The van der Waals surface area contributed by atoms with Crippen molar-refractivity contribution in [1.29, 1.82) is 0 Å². The van der Waals surface area contributed by atoms with Crippen LogP contribution in [0.2, 0.25) is 0 Å². The van der Waals surface area contributed by atoms with Crippen LogP contribution in [0.1, 0.15) is 11.3 Å². The monoisotopic (exact) mass is 221 g/mol. The molecule has 0 aromatic carbocycles. The molecule has 3 rings (SSSR count). The average Bonchev–Trinajstić information content (AvgIpc) is 2.40. The highest BCUT2D eigenvalue weighted by Gasteiger charge is 2.00. The second-order valence-electron chi connectivity index (χ2n) is 3.88. The number of hydrogen-bond acceptors (Lipinski definition) is 3. The lowest BCUT2D eigenvalue weighted by Gasteiger charge is -2.02. The summed E-state index contributed by atoms with van der Waals surface area (Å²) < 4.78 is 0. The van der Waals surface area contributed by atoms with Crippen LogP contribution in [0.15, 0.2) is 55.0 Å². The van der Waals surface area contributed by atoms with Crippen LogP contribution in [0.25, 0.3) is 11.0 Å². The molecule has 0 saturated heterocycles. The SMILES string of the molecule is c1cnc2ccc(Cc3ccncc3)nc2c1. The van der Waals surface area contributed by atoms with Crippen LogP contribution in [0, 0.1) is 0 Å². The summed E-state index contributed by atoms with van der Waals surface area (Å²) in [5.41, 5.74) is 4.15. The van der Waals surface area contributed by atoms with Gasteiger partial charge in [-0.25, -0.2) is 0 Å². The Balaban J connectivity index is 1.96. The van der Waals surface area contributed by atoms with Crippen LogP contribution in [0.3, 0.4) is 0 Å². The van der Waals surface area contributed by atoms with Crippen molar-refractivity contribution in [3.05, 3.63) is 66.2 Å². The van der Waals surface area contributed by atoms with Crippen molar-refractivity contribution >= 4 is 11.0 Å². The average molecular weight is 221 g/mol. The Hall–Kier alpha value is -2.29. The van der Waals surface area contributed by atoms with Gasteiger partial charge in [0.25, 0.3) is 0 Å². The molecule has 0 radical (unpaired) electrons. The molecule has 0 N–H and O–H groups in total. The largest absolute Gasteiger partial charge is 0.265 e. The fourth-order valence-electron chi connectivity index (χ4n) is 1.81. The molecule has 0 amide bonds. The molecule has 17 heavy (non-hydrogen) atoms. The molecule has 0 saturated carbocycles. The molecule has 3 aromatic rings. The van der Waals surface area contributed by atoms with E-state index < -0.39 is 0 Å². The van der Waals surface area contributed by atoms with Crippen molar-refractivity contribution in [2.24, 2.45) is 0 Å². The van der Waals surface area contributed by atoms with Crippen molar-refractivity contribution in [2.75, 3.05) is 0 Å². The molecule has 0 atom stereocenters. The number of nitrogens with zero attached hydrogens (tertiary/aromatic N) is 3. The van der Waals surface area contributed by atoms with Crippen molar-refractivity contribution in [3.8, 4) is 0 Å². The Bertz CT molecular complexity index is 635. The Kier molecular flexibility index (Phi) is 2.50. The zero-order valence-electron chi connectivity index (χ0n) is 9.24.